The van der Waals surface area contributed by atoms with Gasteiger partial charge in [0, 0.05) is 5.92 Å². The minimum atomic E-state index is -7.79. The van der Waals surface area contributed by atoms with Crippen LogP contribution in [-0.4, -0.2) is 26.2 Å². The van der Waals surface area contributed by atoms with E-state index >= 15 is 70.2 Å². The highest BCUT2D eigenvalue weighted by Gasteiger charge is 2.68. The zero-order valence-corrected chi connectivity index (χ0v) is 44.1. The molecular formula is C56H39AlF25N. The Morgan fingerprint density at radius 1 is 0.361 bits per heavy atom. The van der Waals surface area contributed by atoms with Gasteiger partial charge in [-0.3, -0.25) is 4.90 Å². The molecule has 83 heavy (non-hydrogen) atoms. The Kier molecular flexibility index (Phi) is 17.7. The van der Waals surface area contributed by atoms with E-state index in [2.05, 4.69) is 13.8 Å². The SMILES string of the molecule is CCCC(CC)CCC(C)C[NH+](CCC)c1c(F)c(F)c(F)c(F)c1F.FC1=C(F)[CH]([Al-]([CH]2C(F)=C(F)c3c2cc(F)c(F)c3F)([CH]2C(F)=C(F)c3c2cc(F)c(F)c3F)[CH]2C(F)=C(F)c3c2cc(F)c(F)c3F)c2cc(F)c(F)c(F)c21. The summed E-state index contributed by atoms with van der Waals surface area (Å²) >= 11 is -7.79. The van der Waals surface area contributed by atoms with E-state index in [1.807, 2.05) is 13.8 Å². The summed E-state index contributed by atoms with van der Waals surface area (Å²) in [6.07, 6.45) is 5.82. The van der Waals surface area contributed by atoms with E-state index in [-0.39, 0.29) is 30.2 Å². The number of hydrogen-bond acceptors (Lipinski definition) is 0. The van der Waals surface area contributed by atoms with Gasteiger partial charge in [0.2, 0.25) is 47.9 Å². The number of fused-ring (bicyclic) bond motifs is 4. The molecule has 7 unspecified atom stereocenters. The van der Waals surface area contributed by atoms with Gasteiger partial charge in [0.05, 0.1) is 35.3 Å². The fourth-order valence-electron chi connectivity index (χ4n) is 12.9. The quantitative estimate of drug-likeness (QED) is 0.0461. The predicted octanol–water partition coefficient (Wildman–Crippen LogP) is 18.4. The molecule has 0 aromatic heterocycles. The summed E-state index contributed by atoms with van der Waals surface area (Å²) in [7, 11) is 0. The monoisotopic (exact) mass is 1230 g/mol. The number of rotatable bonds is 15. The third-order valence-corrected chi connectivity index (χ3v) is 23.5. The van der Waals surface area contributed by atoms with E-state index in [9.17, 15) is 39.5 Å². The molecule has 5 aromatic carbocycles. The lowest BCUT2D eigenvalue weighted by Crippen LogP contribution is -3.08. The van der Waals surface area contributed by atoms with Crippen LogP contribution in [0.25, 0.3) is 23.3 Å². The zero-order chi connectivity index (χ0) is 61.7. The van der Waals surface area contributed by atoms with Crippen LogP contribution in [0.3, 0.4) is 0 Å². The van der Waals surface area contributed by atoms with Crippen molar-refractivity contribution in [3.8, 4) is 0 Å². The van der Waals surface area contributed by atoms with E-state index in [0.717, 1.165) is 32.1 Å². The first-order valence-electron chi connectivity index (χ1n) is 25.4. The maximum atomic E-state index is 17.0. The second-order valence-electron chi connectivity index (χ2n) is 20.8. The van der Waals surface area contributed by atoms with Crippen molar-refractivity contribution in [2.24, 2.45) is 11.8 Å². The van der Waals surface area contributed by atoms with Gasteiger partial charge >= 0.3 is 0 Å². The highest BCUT2D eigenvalue weighted by atomic mass is 27.2. The molecule has 0 bridgehead atoms. The number of quaternary nitrogens is 1. The standard InChI is InChI=1S/C20H30F5N.4C9H2F5.Al/c1-5-8-14(7-3)10-9-13(4)12-26(11-6-2)20-18(24)16(22)15(21)17(23)19(20)25;4*10-4-1-3-2-5(11)8(13)9(14)6(3)7(4)12;/h13-14H,5-12H2,1-4H3;4*1-2H;/q;;;;;-1/p+1. The van der Waals surface area contributed by atoms with Crippen LogP contribution in [0.5, 0.6) is 0 Å². The summed E-state index contributed by atoms with van der Waals surface area (Å²) in [5.74, 6) is -61.2. The van der Waals surface area contributed by atoms with Crippen LogP contribution in [0.4, 0.5) is 115 Å². The third-order valence-electron chi connectivity index (χ3n) is 16.3. The number of nitrogens with one attached hydrogen (secondary N) is 1. The molecule has 9 rings (SSSR count). The number of allylic oxidation sites excluding steroid dienone is 4. The van der Waals surface area contributed by atoms with E-state index < -0.39 is 228 Å². The van der Waals surface area contributed by atoms with Gasteiger partial charge in [-0.25, -0.2) is 101 Å². The van der Waals surface area contributed by atoms with Gasteiger partial charge in [0.15, 0.2) is 93.1 Å². The summed E-state index contributed by atoms with van der Waals surface area (Å²) in [6, 6.07) is -1.40. The largest absolute Gasteiger partial charge is 0.297 e. The van der Waals surface area contributed by atoms with Crippen molar-refractivity contribution in [2.75, 3.05) is 13.1 Å². The summed E-state index contributed by atoms with van der Waals surface area (Å²) < 4.78 is 366. The summed E-state index contributed by atoms with van der Waals surface area (Å²) in [5, 5.41) is 0. The van der Waals surface area contributed by atoms with Crippen molar-refractivity contribution in [2.45, 2.75) is 85.3 Å². The molecular weight excluding hydrogens is 1190 g/mol. The Labute approximate surface area is 456 Å². The zero-order valence-electron chi connectivity index (χ0n) is 43.0. The van der Waals surface area contributed by atoms with Gasteiger partial charge in [-0.2, -0.15) is 8.78 Å². The Morgan fingerprint density at radius 3 is 0.916 bits per heavy atom. The van der Waals surface area contributed by atoms with E-state index in [1.165, 1.54) is 0 Å². The van der Waals surface area contributed by atoms with Crippen molar-refractivity contribution < 1.29 is 115 Å². The van der Waals surface area contributed by atoms with Crippen LogP contribution >= 0.6 is 0 Å². The second-order valence-corrected chi connectivity index (χ2v) is 25.7. The average molecular weight is 1230 g/mol. The molecule has 27 heteroatoms. The topological polar surface area (TPSA) is 4.44 Å². The molecule has 0 spiro atoms. The maximum absolute atomic E-state index is 17.0. The molecule has 446 valence electrons. The summed E-state index contributed by atoms with van der Waals surface area (Å²) in [4.78, 5) is 0.316. The van der Waals surface area contributed by atoms with Crippen LogP contribution in [0.15, 0.2) is 47.6 Å². The molecule has 4 aliphatic rings. The maximum Gasteiger partial charge on any atom is 0.225 e. The van der Waals surface area contributed by atoms with Crippen LogP contribution < -0.4 is 4.90 Å². The number of benzene rings is 5. The highest BCUT2D eigenvalue weighted by molar-refractivity contribution is 6.88. The van der Waals surface area contributed by atoms with Gasteiger partial charge in [-0.15, -0.1) is 0 Å². The van der Waals surface area contributed by atoms with Crippen LogP contribution in [0, 0.1) is 111 Å². The number of halogens is 25. The molecule has 0 aliphatic heterocycles. The lowest BCUT2D eigenvalue weighted by atomic mass is 9.91. The molecule has 0 saturated heterocycles. The van der Waals surface area contributed by atoms with Gasteiger partial charge in [-0.1, -0.05) is 88.3 Å². The molecule has 0 radical (unpaired) electrons. The Bertz CT molecular complexity index is 3260. The summed E-state index contributed by atoms with van der Waals surface area (Å²) in [5.41, 5.74) is -15.9. The summed E-state index contributed by atoms with van der Waals surface area (Å²) in [6.45, 7) is 8.74. The van der Waals surface area contributed by atoms with Crippen molar-refractivity contribution in [3.05, 3.63) is 191 Å². The van der Waals surface area contributed by atoms with Crippen molar-refractivity contribution in [3.63, 3.8) is 0 Å². The van der Waals surface area contributed by atoms with Crippen LogP contribution in [-0.2, 0) is 0 Å². The molecule has 1 N–H and O–H groups in total. The minimum Gasteiger partial charge on any atom is -0.297 e. The molecule has 0 heterocycles. The first kappa shape index (κ1) is 62.8. The van der Waals surface area contributed by atoms with E-state index in [1.54, 1.807) is 0 Å². The predicted molar refractivity (Wildman–Crippen MR) is 252 cm³/mol. The van der Waals surface area contributed by atoms with Gasteiger partial charge < -0.3 is 0 Å². The van der Waals surface area contributed by atoms with E-state index in [4.69, 9.17) is 0 Å². The fraction of sp³-hybridized carbons (Fsp3) is 0.321. The van der Waals surface area contributed by atoms with E-state index in [0.29, 0.717) is 30.3 Å². The lowest BCUT2D eigenvalue weighted by molar-refractivity contribution is -0.839. The Hall–Kier alpha value is -6.20. The normalized spacial score (nSPS) is 20.0. The number of hydrogen-bond donors (Lipinski definition) is 1. The molecule has 0 amide bonds. The van der Waals surface area contributed by atoms with Crippen LogP contribution in [0.1, 0.15) is 130 Å². The molecule has 5 aromatic rings. The van der Waals surface area contributed by atoms with Gasteiger partial charge in [0.25, 0.3) is 0 Å². The Morgan fingerprint density at radius 2 is 0.651 bits per heavy atom. The molecule has 0 fully saturated rings. The lowest BCUT2D eigenvalue weighted by Gasteiger charge is -2.54. The minimum absolute atomic E-state index is 0.123. The van der Waals surface area contributed by atoms with Crippen molar-refractivity contribution >= 4 is 42.1 Å². The van der Waals surface area contributed by atoms with Crippen LogP contribution in [0.2, 0.25) is 0 Å². The van der Waals surface area contributed by atoms with Crippen molar-refractivity contribution in [1.82, 2.24) is 0 Å². The molecule has 4 aliphatic carbocycles. The highest BCUT2D eigenvalue weighted by Crippen LogP contribution is 2.71. The molecule has 1 nitrogen and oxygen atoms in total. The molecule has 0 saturated carbocycles. The van der Waals surface area contributed by atoms with Crippen molar-refractivity contribution in [1.29, 1.82) is 0 Å². The fourth-order valence-corrected chi connectivity index (χ4v) is 21.3. The second kappa shape index (κ2) is 23.3. The third kappa shape index (κ3) is 9.65. The first-order valence-corrected chi connectivity index (χ1v) is 28.0. The smallest absolute Gasteiger partial charge is 0.225 e. The Balaban J connectivity index is 0.000000292. The van der Waals surface area contributed by atoms with Gasteiger partial charge in [0.1, 0.15) is 23.3 Å². The first-order chi connectivity index (χ1) is 38.9. The average Bonchev–Trinajstić information content (AvgIpc) is 1.56. The van der Waals surface area contributed by atoms with Gasteiger partial charge in [-0.05, 0) is 49.4 Å². The molecule has 7 atom stereocenters.